The first kappa shape index (κ1) is 15.4. The molecule has 1 aliphatic rings. The SMILES string of the molecule is COC(=O)[C@@H]1CN(Cn2nnc3ccccc32)O[C@H]1C(=O)OC. The number of esters is 2. The third kappa shape index (κ3) is 2.88. The van der Waals surface area contributed by atoms with Gasteiger partial charge in [-0.3, -0.25) is 9.63 Å². The van der Waals surface area contributed by atoms with E-state index in [2.05, 4.69) is 15.0 Å². The normalized spacial score (nSPS) is 21.5. The summed E-state index contributed by atoms with van der Waals surface area (Å²) >= 11 is 0. The van der Waals surface area contributed by atoms with Crippen LogP contribution in [0.15, 0.2) is 24.3 Å². The van der Waals surface area contributed by atoms with E-state index in [-0.39, 0.29) is 13.2 Å². The number of aromatic nitrogens is 3. The van der Waals surface area contributed by atoms with Crippen molar-refractivity contribution in [3.05, 3.63) is 24.3 Å². The van der Waals surface area contributed by atoms with Crippen LogP contribution in [0.25, 0.3) is 11.0 Å². The summed E-state index contributed by atoms with van der Waals surface area (Å²) in [5.74, 6) is -1.89. The quantitative estimate of drug-likeness (QED) is 0.725. The van der Waals surface area contributed by atoms with Crippen LogP contribution in [0.3, 0.4) is 0 Å². The van der Waals surface area contributed by atoms with E-state index in [1.165, 1.54) is 19.3 Å². The van der Waals surface area contributed by atoms with Gasteiger partial charge >= 0.3 is 11.9 Å². The lowest BCUT2D eigenvalue weighted by Gasteiger charge is -2.15. The van der Waals surface area contributed by atoms with Gasteiger partial charge in [0.1, 0.15) is 18.1 Å². The first-order valence-corrected chi connectivity index (χ1v) is 6.99. The minimum absolute atomic E-state index is 0.195. The lowest BCUT2D eigenvalue weighted by atomic mass is 10.0. The number of hydrogen-bond acceptors (Lipinski definition) is 8. The van der Waals surface area contributed by atoms with Crippen molar-refractivity contribution in [3.8, 4) is 0 Å². The van der Waals surface area contributed by atoms with Crippen LogP contribution >= 0.6 is 0 Å². The summed E-state index contributed by atoms with van der Waals surface area (Å²) in [5, 5.41) is 9.58. The molecular weight excluding hydrogens is 304 g/mol. The molecule has 0 bridgehead atoms. The van der Waals surface area contributed by atoms with Crippen LogP contribution in [-0.4, -0.2) is 58.9 Å². The van der Waals surface area contributed by atoms with Crippen molar-refractivity contribution in [2.75, 3.05) is 20.8 Å². The van der Waals surface area contributed by atoms with Crippen LogP contribution < -0.4 is 0 Å². The molecular formula is C14H16N4O5. The van der Waals surface area contributed by atoms with E-state index in [4.69, 9.17) is 9.57 Å². The maximum atomic E-state index is 11.8. The Morgan fingerprint density at radius 3 is 2.74 bits per heavy atom. The van der Waals surface area contributed by atoms with Crippen molar-refractivity contribution in [1.29, 1.82) is 0 Å². The fourth-order valence-electron chi connectivity index (χ4n) is 2.53. The van der Waals surface area contributed by atoms with Gasteiger partial charge in [-0.15, -0.1) is 5.10 Å². The van der Waals surface area contributed by atoms with Crippen LogP contribution in [0.4, 0.5) is 0 Å². The van der Waals surface area contributed by atoms with E-state index in [0.717, 1.165) is 11.0 Å². The maximum absolute atomic E-state index is 11.8. The molecule has 1 aromatic heterocycles. The van der Waals surface area contributed by atoms with E-state index in [0.29, 0.717) is 0 Å². The monoisotopic (exact) mass is 320 g/mol. The summed E-state index contributed by atoms with van der Waals surface area (Å²) in [7, 11) is 2.51. The zero-order chi connectivity index (χ0) is 16.4. The molecule has 0 amide bonds. The molecule has 1 aliphatic heterocycles. The smallest absolute Gasteiger partial charge is 0.338 e. The number of para-hydroxylation sites is 1. The van der Waals surface area contributed by atoms with Crippen LogP contribution in [0, 0.1) is 5.92 Å². The fraction of sp³-hybridized carbons (Fsp3) is 0.429. The molecule has 2 aromatic rings. The number of hydrogen-bond donors (Lipinski definition) is 0. The summed E-state index contributed by atoms with van der Waals surface area (Å²) in [5.41, 5.74) is 1.58. The molecule has 1 fully saturated rings. The first-order valence-electron chi connectivity index (χ1n) is 6.99. The highest BCUT2D eigenvalue weighted by Crippen LogP contribution is 2.24. The average molecular weight is 320 g/mol. The van der Waals surface area contributed by atoms with Crippen molar-refractivity contribution in [2.45, 2.75) is 12.8 Å². The van der Waals surface area contributed by atoms with Crippen molar-refractivity contribution in [1.82, 2.24) is 20.1 Å². The van der Waals surface area contributed by atoms with Gasteiger partial charge in [0.15, 0.2) is 6.10 Å². The molecule has 1 saturated heterocycles. The molecule has 9 nitrogen and oxygen atoms in total. The minimum Gasteiger partial charge on any atom is -0.469 e. The Morgan fingerprint density at radius 2 is 2.00 bits per heavy atom. The number of hydroxylamine groups is 2. The zero-order valence-electron chi connectivity index (χ0n) is 12.7. The zero-order valence-corrected chi connectivity index (χ0v) is 12.7. The second-order valence-electron chi connectivity index (χ2n) is 5.06. The van der Waals surface area contributed by atoms with E-state index in [1.54, 1.807) is 4.68 Å². The predicted octanol–water partition coefficient (Wildman–Crippen LogP) is -0.0332. The molecule has 2 heterocycles. The molecule has 0 radical (unpaired) electrons. The largest absolute Gasteiger partial charge is 0.469 e. The van der Waals surface area contributed by atoms with E-state index < -0.39 is 24.0 Å². The highest BCUT2D eigenvalue weighted by Gasteiger charge is 2.45. The van der Waals surface area contributed by atoms with E-state index in [1.807, 2.05) is 24.3 Å². The number of fused-ring (bicyclic) bond motifs is 1. The maximum Gasteiger partial charge on any atom is 0.338 e. The number of ether oxygens (including phenoxy) is 2. The molecule has 122 valence electrons. The first-order chi connectivity index (χ1) is 11.1. The van der Waals surface area contributed by atoms with Gasteiger partial charge in [-0.05, 0) is 12.1 Å². The Morgan fingerprint density at radius 1 is 1.26 bits per heavy atom. The van der Waals surface area contributed by atoms with Crippen LogP contribution in [0.2, 0.25) is 0 Å². The van der Waals surface area contributed by atoms with Crippen molar-refractivity contribution < 1.29 is 23.9 Å². The van der Waals surface area contributed by atoms with E-state index in [9.17, 15) is 9.59 Å². The molecule has 3 rings (SSSR count). The minimum atomic E-state index is -1.03. The van der Waals surface area contributed by atoms with Crippen LogP contribution in [0.1, 0.15) is 0 Å². The number of rotatable bonds is 4. The van der Waals surface area contributed by atoms with Gasteiger partial charge in [-0.25, -0.2) is 9.48 Å². The number of methoxy groups -OCH3 is 2. The topological polar surface area (TPSA) is 95.8 Å². The summed E-state index contributed by atoms with van der Waals surface area (Å²) in [6.07, 6.45) is -1.03. The molecule has 0 N–H and O–H groups in total. The van der Waals surface area contributed by atoms with Gasteiger partial charge in [0.2, 0.25) is 0 Å². The van der Waals surface area contributed by atoms with Crippen molar-refractivity contribution in [2.24, 2.45) is 5.92 Å². The van der Waals surface area contributed by atoms with E-state index >= 15 is 0 Å². The lowest BCUT2D eigenvalue weighted by molar-refractivity contribution is -0.192. The third-order valence-electron chi connectivity index (χ3n) is 3.68. The molecule has 9 heteroatoms. The second-order valence-corrected chi connectivity index (χ2v) is 5.06. The summed E-state index contributed by atoms with van der Waals surface area (Å²) in [6.45, 7) is 0.419. The Kier molecular flexibility index (Phi) is 4.22. The second kappa shape index (κ2) is 6.31. The summed E-state index contributed by atoms with van der Waals surface area (Å²) < 4.78 is 11.0. The highest BCUT2D eigenvalue weighted by molar-refractivity contribution is 5.84. The molecule has 1 aromatic carbocycles. The highest BCUT2D eigenvalue weighted by atomic mass is 16.7. The number of benzene rings is 1. The number of nitrogens with zero attached hydrogens (tertiary/aromatic N) is 4. The van der Waals surface area contributed by atoms with Gasteiger partial charge in [0.05, 0.1) is 19.7 Å². The van der Waals surface area contributed by atoms with Gasteiger partial charge in [-0.2, -0.15) is 5.06 Å². The van der Waals surface area contributed by atoms with Crippen molar-refractivity contribution >= 4 is 23.0 Å². The Labute approximate surface area is 131 Å². The summed E-state index contributed by atoms with van der Waals surface area (Å²) in [4.78, 5) is 29.2. The molecule has 0 aliphatic carbocycles. The fourth-order valence-corrected chi connectivity index (χ4v) is 2.53. The summed E-state index contributed by atoms with van der Waals surface area (Å²) in [6, 6.07) is 7.47. The standard InChI is InChI=1S/C14H16N4O5/c1-21-13(19)9-7-17(23-12(9)14(20)22-2)8-18-11-6-4-3-5-10(11)15-16-18/h3-6,9,12H,7-8H2,1-2H3/t9-,12-/m1/s1. The Hall–Kier alpha value is -2.52. The van der Waals surface area contributed by atoms with Crippen LogP contribution in [-0.2, 0) is 30.6 Å². The van der Waals surface area contributed by atoms with Gasteiger partial charge in [0, 0.05) is 6.54 Å². The van der Waals surface area contributed by atoms with Gasteiger partial charge in [-0.1, -0.05) is 17.3 Å². The number of carbonyl (C=O) groups is 2. The Balaban J connectivity index is 1.79. The molecule has 0 spiro atoms. The van der Waals surface area contributed by atoms with Gasteiger partial charge in [0.25, 0.3) is 0 Å². The predicted molar refractivity (Wildman–Crippen MR) is 76.6 cm³/mol. The Bertz CT molecular complexity index is 707. The van der Waals surface area contributed by atoms with Crippen LogP contribution in [0.5, 0.6) is 0 Å². The number of carbonyl (C=O) groups excluding carboxylic acids is 2. The molecule has 0 saturated carbocycles. The third-order valence-corrected chi connectivity index (χ3v) is 3.68. The van der Waals surface area contributed by atoms with Gasteiger partial charge < -0.3 is 9.47 Å². The van der Waals surface area contributed by atoms with Crippen molar-refractivity contribution in [3.63, 3.8) is 0 Å². The lowest BCUT2D eigenvalue weighted by Crippen LogP contribution is -2.34. The molecule has 2 atom stereocenters. The molecule has 0 unspecified atom stereocenters. The average Bonchev–Trinajstić information content (AvgIpc) is 3.18. The molecule has 23 heavy (non-hydrogen) atoms.